The lowest BCUT2D eigenvalue weighted by Gasteiger charge is -2.10. The Morgan fingerprint density at radius 2 is 2.29 bits per heavy atom. The quantitative estimate of drug-likeness (QED) is 0.854. The molecule has 21 heavy (non-hydrogen) atoms. The third-order valence-electron chi connectivity index (χ3n) is 3.75. The Balaban J connectivity index is 1.69. The van der Waals surface area contributed by atoms with Gasteiger partial charge >= 0.3 is 0 Å². The van der Waals surface area contributed by atoms with E-state index in [0.29, 0.717) is 23.5 Å². The zero-order chi connectivity index (χ0) is 14.8. The summed E-state index contributed by atoms with van der Waals surface area (Å²) >= 11 is 1.80. The summed E-state index contributed by atoms with van der Waals surface area (Å²) in [5, 5.41) is 2.93. The zero-order valence-corrected chi connectivity index (χ0v) is 12.8. The lowest BCUT2D eigenvalue weighted by Crippen LogP contribution is -2.23. The molecule has 5 heteroatoms. The van der Waals surface area contributed by atoms with Gasteiger partial charge in [-0.15, -0.1) is 11.3 Å². The average Bonchev–Trinajstić information content (AvgIpc) is 3.06. The molecule has 4 nitrogen and oxygen atoms in total. The Kier molecular flexibility index (Phi) is 3.84. The van der Waals surface area contributed by atoms with Crippen molar-refractivity contribution in [3.05, 3.63) is 45.1 Å². The van der Waals surface area contributed by atoms with Gasteiger partial charge in [-0.3, -0.25) is 4.79 Å². The van der Waals surface area contributed by atoms with E-state index >= 15 is 0 Å². The standard InChI is InChI=1S/C16H18N2O2S/c1-20-13-6-3-5-12(15(13)17)16(19)18-9-11-8-10-4-2-7-14(10)21-11/h3,5-6,8H,2,4,7,9,17H2,1H3,(H,18,19). The second kappa shape index (κ2) is 5.77. The summed E-state index contributed by atoms with van der Waals surface area (Å²) in [7, 11) is 1.54. The van der Waals surface area contributed by atoms with Gasteiger partial charge in [0.25, 0.3) is 5.91 Å². The van der Waals surface area contributed by atoms with Crippen LogP contribution in [0.25, 0.3) is 0 Å². The van der Waals surface area contributed by atoms with Crippen LogP contribution in [0.2, 0.25) is 0 Å². The number of para-hydroxylation sites is 1. The summed E-state index contributed by atoms with van der Waals surface area (Å²) < 4.78 is 5.14. The van der Waals surface area contributed by atoms with Gasteiger partial charge in [0.05, 0.1) is 24.9 Å². The van der Waals surface area contributed by atoms with Crippen LogP contribution < -0.4 is 15.8 Å². The van der Waals surface area contributed by atoms with Gasteiger partial charge in [-0.2, -0.15) is 0 Å². The van der Waals surface area contributed by atoms with Gasteiger partial charge in [0.2, 0.25) is 0 Å². The predicted octanol–water partition coefficient (Wildman–Crippen LogP) is 2.76. The number of hydrogen-bond donors (Lipinski definition) is 2. The molecule has 0 saturated carbocycles. The summed E-state index contributed by atoms with van der Waals surface area (Å²) in [5.74, 6) is 0.359. The average molecular weight is 302 g/mol. The minimum atomic E-state index is -0.167. The van der Waals surface area contributed by atoms with Crippen molar-refractivity contribution in [2.75, 3.05) is 12.8 Å². The number of carbonyl (C=O) groups excluding carboxylic acids is 1. The molecule has 0 fully saturated rings. The van der Waals surface area contributed by atoms with Crippen LogP contribution in [0.15, 0.2) is 24.3 Å². The fourth-order valence-electron chi connectivity index (χ4n) is 2.66. The molecule has 110 valence electrons. The first-order valence-electron chi connectivity index (χ1n) is 7.00. The van der Waals surface area contributed by atoms with E-state index in [0.717, 1.165) is 0 Å². The zero-order valence-electron chi connectivity index (χ0n) is 11.9. The largest absolute Gasteiger partial charge is 0.495 e. The highest BCUT2D eigenvalue weighted by Gasteiger charge is 2.16. The normalized spacial score (nSPS) is 13.0. The van der Waals surface area contributed by atoms with Gasteiger partial charge in [0.1, 0.15) is 5.75 Å². The van der Waals surface area contributed by atoms with Crippen LogP contribution in [-0.2, 0) is 19.4 Å². The highest BCUT2D eigenvalue weighted by Crippen LogP contribution is 2.30. The number of thiophene rings is 1. The SMILES string of the molecule is COc1cccc(C(=O)NCc2cc3c(s2)CCC3)c1N. The van der Waals surface area contributed by atoms with Gasteiger partial charge in [-0.05, 0) is 43.0 Å². The van der Waals surface area contributed by atoms with Crippen molar-refractivity contribution in [1.29, 1.82) is 0 Å². The molecule has 1 aromatic carbocycles. The first kappa shape index (κ1) is 13.9. The molecule has 0 bridgehead atoms. The van der Waals surface area contributed by atoms with E-state index in [-0.39, 0.29) is 5.91 Å². The number of methoxy groups -OCH3 is 1. The number of nitrogen functional groups attached to an aromatic ring is 1. The summed E-state index contributed by atoms with van der Waals surface area (Å²) in [6, 6.07) is 7.43. The number of ether oxygens (including phenoxy) is 1. The topological polar surface area (TPSA) is 64.3 Å². The number of hydrogen-bond acceptors (Lipinski definition) is 4. The molecule has 2 aromatic rings. The van der Waals surface area contributed by atoms with Gasteiger partial charge in [0.15, 0.2) is 0 Å². The molecule has 1 aromatic heterocycles. The Morgan fingerprint density at radius 3 is 3.05 bits per heavy atom. The summed E-state index contributed by atoms with van der Waals surface area (Å²) in [6.07, 6.45) is 3.60. The maximum atomic E-state index is 12.2. The fraction of sp³-hybridized carbons (Fsp3) is 0.312. The maximum Gasteiger partial charge on any atom is 0.253 e. The van der Waals surface area contributed by atoms with Crippen LogP contribution in [0.4, 0.5) is 5.69 Å². The van der Waals surface area contributed by atoms with Crippen molar-refractivity contribution in [3.63, 3.8) is 0 Å². The Labute approximate surface area is 127 Å². The molecule has 1 amide bonds. The number of nitrogens with two attached hydrogens (primary N) is 1. The van der Waals surface area contributed by atoms with E-state index in [1.54, 1.807) is 36.6 Å². The van der Waals surface area contributed by atoms with E-state index in [9.17, 15) is 4.79 Å². The lowest BCUT2D eigenvalue weighted by atomic mass is 10.1. The molecule has 0 saturated heterocycles. The fourth-order valence-corrected chi connectivity index (χ4v) is 3.86. The Bertz CT molecular complexity index is 657. The van der Waals surface area contributed by atoms with E-state index in [4.69, 9.17) is 10.5 Å². The smallest absolute Gasteiger partial charge is 0.253 e. The molecule has 0 spiro atoms. The lowest BCUT2D eigenvalue weighted by molar-refractivity contribution is 0.0952. The van der Waals surface area contributed by atoms with Crippen molar-refractivity contribution in [2.45, 2.75) is 25.8 Å². The van der Waals surface area contributed by atoms with E-state index in [1.807, 2.05) is 0 Å². The van der Waals surface area contributed by atoms with Gasteiger partial charge in [-0.1, -0.05) is 6.07 Å². The van der Waals surface area contributed by atoms with Crippen LogP contribution in [-0.4, -0.2) is 13.0 Å². The van der Waals surface area contributed by atoms with Crippen LogP contribution in [0, 0.1) is 0 Å². The molecule has 0 aliphatic heterocycles. The van der Waals surface area contributed by atoms with Crippen molar-refractivity contribution in [3.8, 4) is 5.75 Å². The number of rotatable bonds is 4. The Hall–Kier alpha value is -2.01. The molecule has 1 heterocycles. The highest BCUT2D eigenvalue weighted by atomic mass is 32.1. The first-order valence-corrected chi connectivity index (χ1v) is 7.82. The molecule has 0 unspecified atom stereocenters. The Morgan fingerprint density at radius 1 is 1.43 bits per heavy atom. The molecular formula is C16H18N2O2S. The van der Waals surface area contributed by atoms with E-state index in [2.05, 4.69) is 11.4 Å². The van der Waals surface area contributed by atoms with Crippen LogP contribution >= 0.6 is 11.3 Å². The number of fused-ring (bicyclic) bond motifs is 1. The number of nitrogens with one attached hydrogen (secondary N) is 1. The van der Waals surface area contributed by atoms with Crippen molar-refractivity contribution in [1.82, 2.24) is 5.32 Å². The second-order valence-corrected chi connectivity index (χ2v) is 6.34. The number of amides is 1. The minimum absolute atomic E-state index is 0.167. The highest BCUT2D eigenvalue weighted by molar-refractivity contribution is 7.12. The molecule has 1 aliphatic carbocycles. The third-order valence-corrected chi connectivity index (χ3v) is 4.99. The number of anilines is 1. The first-order chi connectivity index (χ1) is 10.2. The van der Waals surface area contributed by atoms with E-state index in [1.165, 1.54) is 34.6 Å². The van der Waals surface area contributed by atoms with Crippen molar-refractivity contribution < 1.29 is 9.53 Å². The second-order valence-electron chi connectivity index (χ2n) is 5.12. The maximum absolute atomic E-state index is 12.2. The number of benzene rings is 1. The summed E-state index contributed by atoms with van der Waals surface area (Å²) in [4.78, 5) is 14.9. The molecule has 0 radical (unpaired) electrons. The summed E-state index contributed by atoms with van der Waals surface area (Å²) in [5.41, 5.74) is 8.23. The van der Waals surface area contributed by atoms with Crippen molar-refractivity contribution >= 4 is 22.9 Å². The minimum Gasteiger partial charge on any atom is -0.495 e. The number of carbonyl (C=O) groups is 1. The molecule has 0 atom stereocenters. The third kappa shape index (κ3) is 2.74. The van der Waals surface area contributed by atoms with E-state index < -0.39 is 0 Å². The molecule has 3 rings (SSSR count). The monoisotopic (exact) mass is 302 g/mol. The van der Waals surface area contributed by atoms with Gasteiger partial charge in [-0.25, -0.2) is 0 Å². The van der Waals surface area contributed by atoms with Crippen LogP contribution in [0.3, 0.4) is 0 Å². The van der Waals surface area contributed by atoms with Gasteiger partial charge < -0.3 is 15.8 Å². The molecule has 1 aliphatic rings. The number of aryl methyl sites for hydroxylation is 2. The predicted molar refractivity (Wildman–Crippen MR) is 84.9 cm³/mol. The van der Waals surface area contributed by atoms with Crippen LogP contribution in [0.5, 0.6) is 5.75 Å². The van der Waals surface area contributed by atoms with Crippen molar-refractivity contribution in [2.24, 2.45) is 0 Å². The molecular weight excluding hydrogens is 284 g/mol. The van der Waals surface area contributed by atoms with Gasteiger partial charge in [0, 0.05) is 9.75 Å². The molecule has 3 N–H and O–H groups in total. The summed E-state index contributed by atoms with van der Waals surface area (Å²) in [6.45, 7) is 0.549. The van der Waals surface area contributed by atoms with Crippen LogP contribution in [0.1, 0.15) is 32.1 Å².